The number of nitrogens with zero attached hydrogens (tertiary/aromatic N) is 1. The zero-order valence-electron chi connectivity index (χ0n) is 7.50. The summed E-state index contributed by atoms with van der Waals surface area (Å²) in [6.07, 6.45) is 1.44. The highest BCUT2D eigenvalue weighted by Crippen LogP contribution is 2.23. The van der Waals surface area contributed by atoms with E-state index in [1.165, 1.54) is 6.92 Å². The molecule has 1 N–H and O–H groups in total. The third-order valence-corrected chi connectivity index (χ3v) is 1.86. The quantitative estimate of drug-likeness (QED) is 0.812. The Balaban J connectivity index is 2.99. The molecule has 0 aromatic carbocycles. The minimum Gasteiger partial charge on any atom is -0.481 e. The molecule has 1 aromatic heterocycles. The van der Waals surface area contributed by atoms with E-state index in [9.17, 15) is 13.6 Å². The highest BCUT2D eigenvalue weighted by atomic mass is 19.1. The Labute approximate surface area is 79.4 Å². The molecule has 1 rings (SSSR count). The lowest BCUT2D eigenvalue weighted by Gasteiger charge is -2.10. The lowest BCUT2D eigenvalue weighted by molar-refractivity contribution is -0.137. The molecule has 0 bridgehead atoms. The van der Waals surface area contributed by atoms with Gasteiger partial charge in [0.25, 0.3) is 0 Å². The van der Waals surface area contributed by atoms with Gasteiger partial charge >= 0.3 is 5.97 Å². The van der Waals surface area contributed by atoms with Gasteiger partial charge in [0.2, 0.25) is 0 Å². The Kier molecular flexibility index (Phi) is 3.11. The summed E-state index contributed by atoms with van der Waals surface area (Å²) in [5.74, 6) is -3.40. The monoisotopic (exact) mass is 201 g/mol. The van der Waals surface area contributed by atoms with Crippen molar-refractivity contribution in [3.8, 4) is 0 Å². The van der Waals surface area contributed by atoms with Gasteiger partial charge in [-0.3, -0.25) is 9.78 Å². The number of halogens is 2. The van der Waals surface area contributed by atoms with E-state index in [0.717, 1.165) is 12.4 Å². The van der Waals surface area contributed by atoms with Crippen molar-refractivity contribution in [3.05, 3.63) is 29.6 Å². The summed E-state index contributed by atoms with van der Waals surface area (Å²) in [6, 6.07) is 0. The minimum absolute atomic E-state index is 0.220. The first-order chi connectivity index (χ1) is 6.52. The van der Waals surface area contributed by atoms with Crippen molar-refractivity contribution in [2.45, 2.75) is 19.3 Å². The number of aliphatic carboxylic acids is 1. The van der Waals surface area contributed by atoms with Gasteiger partial charge in [-0.2, -0.15) is 0 Å². The molecule has 3 nitrogen and oxygen atoms in total. The second-order valence-corrected chi connectivity index (χ2v) is 3.02. The smallest absolute Gasteiger partial charge is 0.303 e. The molecule has 0 saturated heterocycles. The SMILES string of the molecule is CC(CC(=O)O)c1c(F)cncc1F. The molecule has 0 amide bonds. The topological polar surface area (TPSA) is 50.2 Å². The lowest BCUT2D eigenvalue weighted by atomic mass is 9.98. The van der Waals surface area contributed by atoms with Gasteiger partial charge in [-0.1, -0.05) is 6.92 Å². The largest absolute Gasteiger partial charge is 0.481 e. The van der Waals surface area contributed by atoms with Gasteiger partial charge in [-0.25, -0.2) is 8.78 Å². The van der Waals surface area contributed by atoms with Crippen molar-refractivity contribution >= 4 is 5.97 Å². The maximum Gasteiger partial charge on any atom is 0.303 e. The number of rotatable bonds is 3. The molecule has 0 fully saturated rings. The number of hydrogen-bond donors (Lipinski definition) is 1. The van der Waals surface area contributed by atoms with Gasteiger partial charge in [-0.05, 0) is 5.92 Å². The summed E-state index contributed by atoms with van der Waals surface area (Å²) in [7, 11) is 0. The summed E-state index contributed by atoms with van der Waals surface area (Å²) in [4.78, 5) is 13.7. The van der Waals surface area contributed by atoms with Crippen molar-refractivity contribution < 1.29 is 18.7 Å². The molecule has 0 spiro atoms. The molecule has 1 aromatic rings. The Morgan fingerprint density at radius 2 is 2.00 bits per heavy atom. The van der Waals surface area contributed by atoms with Crippen molar-refractivity contribution in [3.63, 3.8) is 0 Å². The van der Waals surface area contributed by atoms with Crippen LogP contribution in [0.3, 0.4) is 0 Å². The molecule has 0 aliphatic heterocycles. The normalized spacial score (nSPS) is 12.5. The van der Waals surface area contributed by atoms with Gasteiger partial charge in [0.1, 0.15) is 11.6 Å². The molecule has 1 atom stereocenters. The van der Waals surface area contributed by atoms with Crippen LogP contribution in [-0.4, -0.2) is 16.1 Å². The number of pyridine rings is 1. The molecule has 1 unspecified atom stereocenters. The summed E-state index contributed by atoms with van der Waals surface area (Å²) < 4.78 is 26.1. The van der Waals surface area contributed by atoms with Gasteiger partial charge < -0.3 is 5.11 Å². The third kappa shape index (κ3) is 2.25. The Bertz CT molecular complexity index is 334. The van der Waals surface area contributed by atoms with Crippen molar-refractivity contribution in [2.24, 2.45) is 0 Å². The van der Waals surface area contributed by atoms with E-state index in [2.05, 4.69) is 4.98 Å². The van der Waals surface area contributed by atoms with Crippen LogP contribution in [0, 0.1) is 11.6 Å². The molecule has 0 aliphatic rings. The number of carboxylic acids is 1. The summed E-state index contributed by atoms with van der Waals surface area (Å²) in [6.45, 7) is 1.45. The van der Waals surface area contributed by atoms with E-state index in [0.29, 0.717) is 0 Å². The maximum atomic E-state index is 13.1. The van der Waals surface area contributed by atoms with Crippen LogP contribution in [0.25, 0.3) is 0 Å². The van der Waals surface area contributed by atoms with Crippen LogP contribution in [0.1, 0.15) is 24.8 Å². The Hall–Kier alpha value is -1.52. The molecule has 5 heteroatoms. The van der Waals surface area contributed by atoms with E-state index in [1.807, 2.05) is 0 Å². The number of carbonyl (C=O) groups is 1. The number of carboxylic acid groups (broad SMARTS) is 1. The summed E-state index contributed by atoms with van der Waals surface area (Å²) in [5, 5.41) is 8.47. The molecule has 14 heavy (non-hydrogen) atoms. The zero-order chi connectivity index (χ0) is 10.7. The van der Waals surface area contributed by atoms with Crippen LogP contribution in [0.15, 0.2) is 12.4 Å². The maximum absolute atomic E-state index is 13.1. The van der Waals surface area contributed by atoms with Crippen molar-refractivity contribution in [1.82, 2.24) is 4.98 Å². The summed E-state index contributed by atoms with van der Waals surface area (Å²) >= 11 is 0. The average Bonchev–Trinajstić information content (AvgIpc) is 2.01. The van der Waals surface area contributed by atoms with Gasteiger partial charge in [-0.15, -0.1) is 0 Å². The molecule has 0 radical (unpaired) electrons. The fourth-order valence-corrected chi connectivity index (χ4v) is 1.26. The van der Waals surface area contributed by atoms with Crippen LogP contribution in [0.5, 0.6) is 0 Å². The van der Waals surface area contributed by atoms with Crippen LogP contribution < -0.4 is 0 Å². The van der Waals surface area contributed by atoms with Crippen LogP contribution in [0.4, 0.5) is 8.78 Å². The Morgan fingerprint density at radius 1 is 1.50 bits per heavy atom. The van der Waals surface area contributed by atoms with Gasteiger partial charge in [0.15, 0.2) is 0 Å². The lowest BCUT2D eigenvalue weighted by Crippen LogP contribution is -2.07. The van der Waals surface area contributed by atoms with E-state index in [1.54, 1.807) is 0 Å². The number of aromatic nitrogens is 1. The molecular weight excluding hydrogens is 192 g/mol. The fraction of sp³-hybridized carbons (Fsp3) is 0.333. The van der Waals surface area contributed by atoms with E-state index in [4.69, 9.17) is 5.11 Å². The second-order valence-electron chi connectivity index (χ2n) is 3.02. The molecule has 1 heterocycles. The predicted molar refractivity (Wildman–Crippen MR) is 44.8 cm³/mol. The first-order valence-corrected chi connectivity index (χ1v) is 4.03. The van der Waals surface area contributed by atoms with Crippen LogP contribution >= 0.6 is 0 Å². The average molecular weight is 201 g/mol. The highest BCUT2D eigenvalue weighted by Gasteiger charge is 2.18. The Morgan fingerprint density at radius 3 is 2.43 bits per heavy atom. The number of hydrogen-bond acceptors (Lipinski definition) is 2. The van der Waals surface area contributed by atoms with Crippen LogP contribution in [-0.2, 0) is 4.79 Å². The van der Waals surface area contributed by atoms with Gasteiger partial charge in [0.05, 0.1) is 18.8 Å². The summed E-state index contributed by atoms with van der Waals surface area (Å²) in [5.41, 5.74) is -0.220. The fourth-order valence-electron chi connectivity index (χ4n) is 1.26. The van der Waals surface area contributed by atoms with Crippen LogP contribution in [0.2, 0.25) is 0 Å². The molecule has 0 aliphatic carbocycles. The standard InChI is InChI=1S/C9H9F2NO2/c1-5(2-8(13)14)9-6(10)3-12-4-7(9)11/h3-5H,2H2,1H3,(H,13,14). The van der Waals surface area contributed by atoms with E-state index < -0.39 is 23.5 Å². The molecule has 0 saturated carbocycles. The third-order valence-electron chi connectivity index (χ3n) is 1.86. The van der Waals surface area contributed by atoms with E-state index >= 15 is 0 Å². The van der Waals surface area contributed by atoms with Gasteiger partial charge in [0, 0.05) is 5.56 Å². The minimum atomic E-state index is -1.09. The zero-order valence-corrected chi connectivity index (χ0v) is 7.50. The predicted octanol–water partition coefficient (Wildman–Crippen LogP) is 1.94. The second kappa shape index (κ2) is 4.13. The first-order valence-electron chi connectivity index (χ1n) is 4.03. The molecular formula is C9H9F2NO2. The first kappa shape index (κ1) is 10.6. The van der Waals surface area contributed by atoms with Crippen molar-refractivity contribution in [1.29, 1.82) is 0 Å². The molecule has 76 valence electrons. The van der Waals surface area contributed by atoms with Crippen molar-refractivity contribution in [2.75, 3.05) is 0 Å². The van der Waals surface area contributed by atoms with E-state index in [-0.39, 0.29) is 12.0 Å². The highest BCUT2D eigenvalue weighted by molar-refractivity contribution is 5.67.